The summed E-state index contributed by atoms with van der Waals surface area (Å²) >= 11 is 0. The van der Waals surface area contributed by atoms with E-state index in [-0.39, 0.29) is 6.61 Å². The number of rotatable bonds is 5. The van der Waals surface area contributed by atoms with Gasteiger partial charge in [0, 0.05) is 0 Å². The summed E-state index contributed by atoms with van der Waals surface area (Å²) in [7, 11) is 0. The van der Waals surface area contributed by atoms with Crippen LogP contribution in [0.15, 0.2) is 25.5 Å². The second-order valence-corrected chi connectivity index (χ2v) is 1.30. The third-order valence-electron chi connectivity index (χ3n) is 0.619. The fraction of sp³-hybridized carbons (Fsp3) is 0.333. The predicted molar refractivity (Wildman–Crippen MR) is 32.3 cm³/mol. The molecule has 52 valence electrons. The Bertz CT molecular complexity index is 93.1. The molecule has 3 heteroatoms. The van der Waals surface area contributed by atoms with Crippen LogP contribution in [0.5, 0.6) is 0 Å². The summed E-state index contributed by atoms with van der Waals surface area (Å²) in [5, 5.41) is 0. The van der Waals surface area contributed by atoms with E-state index in [1.54, 1.807) is 0 Å². The minimum Gasteiger partial charge on any atom is -0.346 e. The molecule has 9 heavy (non-hydrogen) atoms. The van der Waals surface area contributed by atoms with Gasteiger partial charge in [0.1, 0.15) is 19.0 Å². The second-order valence-electron chi connectivity index (χ2n) is 1.30. The van der Waals surface area contributed by atoms with Crippen molar-refractivity contribution in [1.82, 2.24) is 0 Å². The van der Waals surface area contributed by atoms with Gasteiger partial charge in [-0.05, 0) is 0 Å². The quantitative estimate of drug-likeness (QED) is 0.186. The van der Waals surface area contributed by atoms with E-state index < -0.39 is 6.17 Å². The molecule has 0 bridgehead atoms. The summed E-state index contributed by atoms with van der Waals surface area (Å²) in [5.41, 5.74) is 0. The monoisotopic (exact) mass is 132 g/mol. The predicted octanol–water partition coefficient (Wildman–Crippen LogP) is 1.60. The molecule has 0 aliphatic rings. The molecule has 0 radical (unpaired) electrons. The fourth-order valence-corrected chi connectivity index (χ4v) is 0.220. The van der Waals surface area contributed by atoms with E-state index in [1.807, 2.05) is 0 Å². The highest BCUT2D eigenvalue weighted by Crippen LogP contribution is 1.92. The number of halogens is 1. The van der Waals surface area contributed by atoms with Crippen molar-refractivity contribution in [2.75, 3.05) is 6.61 Å². The van der Waals surface area contributed by atoms with Crippen LogP contribution in [0.3, 0.4) is 0 Å². The Kier molecular flexibility index (Phi) is 4.82. The zero-order valence-electron chi connectivity index (χ0n) is 5.05. The first-order chi connectivity index (χ1) is 4.31. The molecule has 0 heterocycles. The maximum absolute atomic E-state index is 12.1. The third-order valence-corrected chi connectivity index (χ3v) is 0.619. The van der Waals surface area contributed by atoms with Crippen molar-refractivity contribution in [2.45, 2.75) is 6.17 Å². The lowest BCUT2D eigenvalue weighted by atomic mass is 10.4. The average Bonchev–Trinajstić information content (AvgIpc) is 1.89. The van der Waals surface area contributed by atoms with Crippen LogP contribution in [0.25, 0.3) is 0 Å². The van der Waals surface area contributed by atoms with E-state index in [4.69, 9.17) is 0 Å². The highest BCUT2D eigenvalue weighted by atomic mass is 19.1. The molecule has 1 atom stereocenters. The van der Waals surface area contributed by atoms with Gasteiger partial charge in [-0.2, -0.15) is 4.89 Å². The summed E-state index contributed by atoms with van der Waals surface area (Å²) < 4.78 is 12.1. The molecule has 0 aliphatic heterocycles. The van der Waals surface area contributed by atoms with Crippen LogP contribution in [0.2, 0.25) is 0 Å². The van der Waals surface area contributed by atoms with Gasteiger partial charge in [-0.3, -0.25) is 0 Å². The molecule has 2 nitrogen and oxygen atoms in total. The molecule has 0 saturated heterocycles. The largest absolute Gasteiger partial charge is 0.346 e. The van der Waals surface area contributed by atoms with Gasteiger partial charge in [-0.1, -0.05) is 12.7 Å². The lowest BCUT2D eigenvalue weighted by Crippen LogP contribution is -2.05. The van der Waals surface area contributed by atoms with Crippen LogP contribution in [0.4, 0.5) is 4.39 Å². The summed E-state index contributed by atoms with van der Waals surface area (Å²) in [5.74, 6) is 0. The SMILES string of the molecule is C=COOCC(F)C=C. The van der Waals surface area contributed by atoms with Gasteiger partial charge < -0.3 is 4.89 Å². The lowest BCUT2D eigenvalue weighted by molar-refractivity contribution is -0.254. The molecular formula is C6H9FO2. The van der Waals surface area contributed by atoms with Gasteiger partial charge >= 0.3 is 0 Å². The summed E-state index contributed by atoms with van der Waals surface area (Å²) in [4.78, 5) is 8.45. The van der Waals surface area contributed by atoms with E-state index in [0.29, 0.717) is 0 Å². The van der Waals surface area contributed by atoms with Crippen LogP contribution < -0.4 is 0 Å². The van der Waals surface area contributed by atoms with E-state index in [9.17, 15) is 4.39 Å². The fourth-order valence-electron chi connectivity index (χ4n) is 0.220. The van der Waals surface area contributed by atoms with E-state index in [1.165, 1.54) is 0 Å². The number of hydrogen-bond donors (Lipinski definition) is 0. The maximum atomic E-state index is 12.1. The Hall–Kier alpha value is -0.830. The van der Waals surface area contributed by atoms with Crippen molar-refractivity contribution in [3.63, 3.8) is 0 Å². The molecule has 0 fully saturated rings. The molecule has 0 amide bonds. The Morgan fingerprint density at radius 3 is 2.67 bits per heavy atom. The molecule has 0 aromatic rings. The molecule has 0 aliphatic carbocycles. The lowest BCUT2D eigenvalue weighted by Gasteiger charge is -1.99. The van der Waals surface area contributed by atoms with Crippen LogP contribution in [-0.2, 0) is 9.78 Å². The molecule has 0 rings (SSSR count). The van der Waals surface area contributed by atoms with Gasteiger partial charge in [0.25, 0.3) is 0 Å². The van der Waals surface area contributed by atoms with Crippen molar-refractivity contribution in [3.05, 3.63) is 25.5 Å². The number of hydrogen-bond acceptors (Lipinski definition) is 2. The van der Waals surface area contributed by atoms with Crippen LogP contribution in [0, 0.1) is 0 Å². The van der Waals surface area contributed by atoms with Crippen molar-refractivity contribution >= 4 is 0 Å². The highest BCUT2D eigenvalue weighted by Gasteiger charge is 1.98. The minimum absolute atomic E-state index is 0.143. The molecule has 0 saturated carbocycles. The normalized spacial score (nSPS) is 12.1. The van der Waals surface area contributed by atoms with E-state index in [2.05, 4.69) is 22.9 Å². The molecule has 1 unspecified atom stereocenters. The molecule has 0 spiro atoms. The molecule has 0 aromatic heterocycles. The van der Waals surface area contributed by atoms with Crippen molar-refractivity contribution < 1.29 is 14.2 Å². The molecule has 0 N–H and O–H groups in total. The van der Waals surface area contributed by atoms with Gasteiger partial charge in [-0.25, -0.2) is 4.39 Å². The van der Waals surface area contributed by atoms with Gasteiger partial charge in [0.2, 0.25) is 0 Å². The standard InChI is InChI=1S/C6H9FO2/c1-3-6(7)5-9-8-4-2/h3-4,6H,1-2,5H2. The first-order valence-electron chi connectivity index (χ1n) is 2.47. The van der Waals surface area contributed by atoms with Crippen LogP contribution in [0.1, 0.15) is 0 Å². The van der Waals surface area contributed by atoms with Gasteiger partial charge in [0.15, 0.2) is 0 Å². The average molecular weight is 132 g/mol. The zero-order valence-corrected chi connectivity index (χ0v) is 5.05. The minimum atomic E-state index is -1.18. The second kappa shape index (κ2) is 5.31. The van der Waals surface area contributed by atoms with Crippen LogP contribution >= 0.6 is 0 Å². The van der Waals surface area contributed by atoms with Crippen molar-refractivity contribution in [2.24, 2.45) is 0 Å². The first kappa shape index (κ1) is 8.17. The summed E-state index contributed by atoms with van der Waals surface area (Å²) in [6.45, 7) is 6.25. The topological polar surface area (TPSA) is 18.5 Å². The summed E-state index contributed by atoms with van der Waals surface area (Å²) in [6.07, 6.45) is 1.03. The summed E-state index contributed by atoms with van der Waals surface area (Å²) in [6, 6.07) is 0. The smallest absolute Gasteiger partial charge is 0.145 e. The van der Waals surface area contributed by atoms with E-state index in [0.717, 1.165) is 12.3 Å². The first-order valence-corrected chi connectivity index (χ1v) is 2.47. The van der Waals surface area contributed by atoms with Gasteiger partial charge in [-0.15, -0.1) is 6.58 Å². The van der Waals surface area contributed by atoms with Gasteiger partial charge in [0.05, 0.1) is 0 Å². The van der Waals surface area contributed by atoms with E-state index >= 15 is 0 Å². The molecular weight excluding hydrogens is 123 g/mol. The maximum Gasteiger partial charge on any atom is 0.145 e. The van der Waals surface area contributed by atoms with Crippen molar-refractivity contribution in [3.8, 4) is 0 Å². The van der Waals surface area contributed by atoms with Crippen molar-refractivity contribution in [1.29, 1.82) is 0 Å². The Labute approximate surface area is 53.5 Å². The Morgan fingerprint density at radius 2 is 2.22 bits per heavy atom. The van der Waals surface area contributed by atoms with Crippen LogP contribution in [-0.4, -0.2) is 12.8 Å². The highest BCUT2D eigenvalue weighted by molar-refractivity contribution is 4.77. The Balaban J connectivity index is 3.05. The zero-order chi connectivity index (χ0) is 7.11. The Morgan fingerprint density at radius 1 is 1.56 bits per heavy atom. The number of alkyl halides is 1. The molecule has 0 aromatic carbocycles. The third kappa shape index (κ3) is 5.03.